The molecule has 0 fully saturated rings. The van der Waals surface area contributed by atoms with Gasteiger partial charge in [-0.3, -0.25) is 4.79 Å². The van der Waals surface area contributed by atoms with Gasteiger partial charge in [0.15, 0.2) is 0 Å². The van der Waals surface area contributed by atoms with Crippen molar-refractivity contribution < 1.29 is 4.79 Å². The van der Waals surface area contributed by atoms with Crippen LogP contribution in [0.25, 0.3) is 10.9 Å². The molecule has 0 unspecified atom stereocenters. The topological polar surface area (TPSA) is 46.4 Å². The number of fused-ring (bicyclic) bond motifs is 2. The van der Waals surface area contributed by atoms with Crippen molar-refractivity contribution in [2.24, 2.45) is 4.99 Å². The van der Waals surface area contributed by atoms with Gasteiger partial charge in [0, 0.05) is 45.5 Å². The lowest BCUT2D eigenvalue weighted by molar-refractivity contribution is 0.102. The number of carbonyl (C=O) groups excluding carboxylic acids is 1. The predicted octanol–water partition coefficient (Wildman–Crippen LogP) is 10.6. The lowest BCUT2D eigenvalue weighted by Crippen LogP contribution is -2.14. The quantitative estimate of drug-likeness (QED) is 0.187. The van der Waals surface area contributed by atoms with Crippen LogP contribution in [-0.2, 0) is 19.4 Å². The van der Waals surface area contributed by atoms with Crippen LogP contribution in [0, 0.1) is 20.8 Å². The number of aliphatic imine (C=N–C) groups is 1. The third-order valence-corrected chi connectivity index (χ3v) is 10.2. The Morgan fingerprint density at radius 1 is 0.930 bits per heavy atom. The standard InChI is InChI=1S/C36H35Cl2N3OS/c1-22-16-23(2)18-26(17-22)40-35(42)34-28-11-6-4-5-7-13-33(28)43-36(34)39-20-29-24(3)41(32-12-9-8-10-27(29)32)21-25-14-15-30(37)31(38)19-25/h8-10,12,14-20H,4-7,11,13,21H2,1-3H3,(H,40,42). The molecule has 5 aromatic rings. The summed E-state index contributed by atoms with van der Waals surface area (Å²) in [5, 5.41) is 6.21. The van der Waals surface area contributed by atoms with Crippen molar-refractivity contribution in [3.63, 3.8) is 0 Å². The number of thiophene rings is 1. The Morgan fingerprint density at radius 3 is 2.44 bits per heavy atom. The van der Waals surface area contributed by atoms with Crippen molar-refractivity contribution in [1.82, 2.24) is 4.57 Å². The maximum atomic E-state index is 13.9. The molecular formula is C36H35Cl2N3OS. The molecule has 2 aromatic heterocycles. The largest absolute Gasteiger partial charge is 0.340 e. The first kappa shape index (κ1) is 29.7. The Morgan fingerprint density at radius 2 is 1.67 bits per heavy atom. The van der Waals surface area contributed by atoms with Gasteiger partial charge in [-0.05, 0) is 99.0 Å². The molecule has 0 bridgehead atoms. The molecule has 1 aliphatic rings. The van der Waals surface area contributed by atoms with E-state index >= 15 is 0 Å². The second-order valence-electron chi connectivity index (χ2n) is 11.5. The normalized spacial score (nSPS) is 13.7. The maximum absolute atomic E-state index is 13.9. The SMILES string of the molecule is Cc1cc(C)cc(NC(=O)c2c(N=Cc3c(C)n(Cc4ccc(Cl)c(Cl)c4)c4ccccc34)sc3c2CCCCCC3)c1. The Labute approximate surface area is 267 Å². The number of aromatic nitrogens is 1. The van der Waals surface area contributed by atoms with Gasteiger partial charge in [0.2, 0.25) is 0 Å². The highest BCUT2D eigenvalue weighted by atomic mass is 35.5. The summed E-state index contributed by atoms with van der Waals surface area (Å²) in [6.07, 6.45) is 8.55. The van der Waals surface area contributed by atoms with Gasteiger partial charge in [-0.15, -0.1) is 11.3 Å². The van der Waals surface area contributed by atoms with Gasteiger partial charge in [0.1, 0.15) is 5.00 Å². The summed E-state index contributed by atoms with van der Waals surface area (Å²) >= 11 is 14.2. The number of anilines is 1. The first-order chi connectivity index (χ1) is 20.8. The van der Waals surface area contributed by atoms with Gasteiger partial charge < -0.3 is 9.88 Å². The molecule has 0 spiro atoms. The van der Waals surface area contributed by atoms with E-state index < -0.39 is 0 Å². The van der Waals surface area contributed by atoms with Crippen molar-refractivity contribution in [3.05, 3.63) is 115 Å². The van der Waals surface area contributed by atoms with Crippen LogP contribution >= 0.6 is 34.5 Å². The first-order valence-corrected chi connectivity index (χ1v) is 16.5. The van der Waals surface area contributed by atoms with Crippen LogP contribution in [0.5, 0.6) is 0 Å². The lowest BCUT2D eigenvalue weighted by Gasteiger charge is -2.12. The first-order valence-electron chi connectivity index (χ1n) is 14.9. The average Bonchev–Trinajstić information content (AvgIpc) is 3.42. The van der Waals surface area contributed by atoms with Crippen LogP contribution in [0.2, 0.25) is 10.0 Å². The minimum atomic E-state index is -0.0750. The molecular weight excluding hydrogens is 593 g/mol. The number of halogens is 2. The number of carbonyl (C=O) groups is 1. The highest BCUT2D eigenvalue weighted by Crippen LogP contribution is 2.40. The average molecular weight is 629 g/mol. The highest BCUT2D eigenvalue weighted by molar-refractivity contribution is 7.16. The summed E-state index contributed by atoms with van der Waals surface area (Å²) in [5.41, 5.74) is 9.34. The molecule has 0 saturated heterocycles. The fourth-order valence-corrected chi connectivity index (χ4v) is 7.79. The van der Waals surface area contributed by atoms with Crippen LogP contribution in [0.4, 0.5) is 10.7 Å². The summed E-state index contributed by atoms with van der Waals surface area (Å²) in [4.78, 5) is 20.3. The Hall–Kier alpha value is -3.38. The van der Waals surface area contributed by atoms with E-state index in [9.17, 15) is 4.79 Å². The van der Waals surface area contributed by atoms with Crippen molar-refractivity contribution >= 4 is 68.3 Å². The Bertz CT molecular complexity index is 1850. The second-order valence-corrected chi connectivity index (χ2v) is 13.4. The Kier molecular flexibility index (Phi) is 8.76. The zero-order valence-electron chi connectivity index (χ0n) is 24.8. The van der Waals surface area contributed by atoms with Gasteiger partial charge in [-0.2, -0.15) is 0 Å². The number of hydrogen-bond donors (Lipinski definition) is 1. The number of nitrogens with zero attached hydrogens (tertiary/aromatic N) is 2. The number of aryl methyl sites for hydroxylation is 3. The van der Waals surface area contributed by atoms with Gasteiger partial charge in [0.05, 0.1) is 15.6 Å². The summed E-state index contributed by atoms with van der Waals surface area (Å²) in [5.74, 6) is -0.0750. The van der Waals surface area contributed by atoms with Crippen molar-refractivity contribution in [1.29, 1.82) is 0 Å². The Balaban J connectivity index is 1.41. The smallest absolute Gasteiger partial charge is 0.259 e. The number of hydrogen-bond acceptors (Lipinski definition) is 3. The summed E-state index contributed by atoms with van der Waals surface area (Å²) < 4.78 is 2.29. The fourth-order valence-electron chi connectivity index (χ4n) is 6.24. The predicted molar refractivity (Wildman–Crippen MR) is 184 cm³/mol. The minimum Gasteiger partial charge on any atom is -0.340 e. The van der Waals surface area contributed by atoms with E-state index in [1.165, 1.54) is 23.3 Å². The number of amides is 1. The van der Waals surface area contributed by atoms with E-state index in [0.29, 0.717) is 16.6 Å². The zero-order valence-corrected chi connectivity index (χ0v) is 27.1. The molecule has 0 saturated carbocycles. The molecule has 0 atom stereocenters. The van der Waals surface area contributed by atoms with Crippen LogP contribution in [0.15, 0.2) is 65.7 Å². The van der Waals surface area contributed by atoms with Gasteiger partial charge >= 0.3 is 0 Å². The third kappa shape index (κ3) is 6.31. The zero-order chi connectivity index (χ0) is 30.1. The molecule has 43 heavy (non-hydrogen) atoms. The highest BCUT2D eigenvalue weighted by Gasteiger charge is 2.25. The lowest BCUT2D eigenvalue weighted by atomic mass is 9.96. The molecule has 2 heterocycles. The molecule has 3 aromatic carbocycles. The third-order valence-electron chi connectivity index (χ3n) is 8.27. The molecule has 7 heteroatoms. The van der Waals surface area contributed by atoms with E-state index in [1.807, 2.05) is 36.5 Å². The monoisotopic (exact) mass is 627 g/mol. The number of para-hydroxylation sites is 1. The molecule has 0 radical (unpaired) electrons. The molecule has 1 amide bonds. The van der Waals surface area contributed by atoms with E-state index in [0.717, 1.165) is 80.8 Å². The number of benzene rings is 3. The molecule has 1 aliphatic carbocycles. The molecule has 6 rings (SSSR count). The molecule has 1 N–H and O–H groups in total. The number of nitrogens with one attached hydrogen (secondary N) is 1. The maximum Gasteiger partial charge on any atom is 0.259 e. The van der Waals surface area contributed by atoms with E-state index in [1.54, 1.807) is 11.3 Å². The van der Waals surface area contributed by atoms with E-state index in [4.69, 9.17) is 28.2 Å². The van der Waals surface area contributed by atoms with E-state index in [-0.39, 0.29) is 5.91 Å². The van der Waals surface area contributed by atoms with Crippen molar-refractivity contribution in [2.45, 2.75) is 65.8 Å². The van der Waals surface area contributed by atoms with Gasteiger partial charge in [-0.25, -0.2) is 4.99 Å². The summed E-state index contributed by atoms with van der Waals surface area (Å²) in [6.45, 7) is 6.89. The van der Waals surface area contributed by atoms with Gasteiger partial charge in [0.25, 0.3) is 5.91 Å². The number of rotatable bonds is 6. The van der Waals surface area contributed by atoms with E-state index in [2.05, 4.69) is 61.0 Å². The van der Waals surface area contributed by atoms with Crippen LogP contribution < -0.4 is 5.32 Å². The van der Waals surface area contributed by atoms with Gasteiger partial charge in [-0.1, -0.05) is 66.4 Å². The fraction of sp³-hybridized carbons (Fsp3) is 0.278. The molecule has 4 nitrogen and oxygen atoms in total. The second kappa shape index (κ2) is 12.7. The van der Waals surface area contributed by atoms with Crippen LogP contribution in [0.1, 0.15) is 74.4 Å². The van der Waals surface area contributed by atoms with Crippen molar-refractivity contribution in [2.75, 3.05) is 5.32 Å². The molecule has 220 valence electrons. The van der Waals surface area contributed by atoms with Crippen molar-refractivity contribution in [3.8, 4) is 0 Å². The van der Waals surface area contributed by atoms with Crippen LogP contribution in [0.3, 0.4) is 0 Å². The summed E-state index contributed by atoms with van der Waals surface area (Å²) in [6, 6.07) is 20.3. The summed E-state index contributed by atoms with van der Waals surface area (Å²) in [7, 11) is 0. The minimum absolute atomic E-state index is 0.0750. The molecule has 0 aliphatic heterocycles. The van der Waals surface area contributed by atoms with Crippen LogP contribution in [-0.4, -0.2) is 16.7 Å².